The van der Waals surface area contributed by atoms with E-state index in [1.165, 1.54) is 6.07 Å². The maximum Gasteiger partial charge on any atom is 0.310 e. The van der Waals surface area contributed by atoms with Crippen molar-refractivity contribution in [1.82, 2.24) is 0 Å². The Hall–Kier alpha value is -1.66. The summed E-state index contributed by atoms with van der Waals surface area (Å²) >= 11 is 0. The monoisotopic (exact) mass is 240 g/mol. The van der Waals surface area contributed by atoms with Crippen molar-refractivity contribution in [1.29, 1.82) is 0 Å². The van der Waals surface area contributed by atoms with Crippen molar-refractivity contribution in [2.45, 2.75) is 13.5 Å². The summed E-state index contributed by atoms with van der Waals surface area (Å²) in [4.78, 5) is 10.3. The van der Waals surface area contributed by atoms with Crippen LogP contribution in [0.4, 0.5) is 5.69 Å². The third-order valence-electron chi connectivity index (χ3n) is 2.29. The molecule has 0 bridgehead atoms. The SMILES string of the molecule is CC(CO)COc1cc(CN)ccc1[N+](=O)[O-]. The largest absolute Gasteiger partial charge is 0.486 e. The van der Waals surface area contributed by atoms with Gasteiger partial charge in [0.1, 0.15) is 0 Å². The number of nitrogens with zero attached hydrogens (tertiary/aromatic N) is 1. The molecule has 0 heterocycles. The number of rotatable bonds is 6. The molecule has 1 aromatic carbocycles. The molecule has 3 N–H and O–H groups in total. The molecule has 0 aromatic heterocycles. The van der Waals surface area contributed by atoms with Crippen molar-refractivity contribution in [3.05, 3.63) is 33.9 Å². The van der Waals surface area contributed by atoms with Gasteiger partial charge in [-0.1, -0.05) is 13.0 Å². The molecule has 0 radical (unpaired) electrons. The maximum atomic E-state index is 10.8. The van der Waals surface area contributed by atoms with Crippen molar-refractivity contribution in [3.63, 3.8) is 0 Å². The van der Waals surface area contributed by atoms with Gasteiger partial charge in [0.2, 0.25) is 0 Å². The van der Waals surface area contributed by atoms with Gasteiger partial charge in [0.25, 0.3) is 0 Å². The first-order valence-corrected chi connectivity index (χ1v) is 5.29. The van der Waals surface area contributed by atoms with Gasteiger partial charge in [0, 0.05) is 25.1 Å². The highest BCUT2D eigenvalue weighted by molar-refractivity contribution is 5.48. The Labute approximate surface area is 99.2 Å². The Bertz CT molecular complexity index is 395. The summed E-state index contributed by atoms with van der Waals surface area (Å²) in [6.07, 6.45) is 0. The van der Waals surface area contributed by atoms with E-state index in [0.717, 1.165) is 5.56 Å². The molecule has 0 saturated heterocycles. The van der Waals surface area contributed by atoms with E-state index in [9.17, 15) is 10.1 Å². The summed E-state index contributed by atoms with van der Waals surface area (Å²) in [6, 6.07) is 4.53. The van der Waals surface area contributed by atoms with E-state index >= 15 is 0 Å². The summed E-state index contributed by atoms with van der Waals surface area (Å²) in [5.74, 6) is 0.120. The minimum Gasteiger partial charge on any atom is -0.486 e. The molecule has 1 unspecified atom stereocenters. The van der Waals surface area contributed by atoms with Gasteiger partial charge in [-0.05, 0) is 11.6 Å². The topological polar surface area (TPSA) is 98.6 Å². The quantitative estimate of drug-likeness (QED) is 0.572. The molecule has 0 amide bonds. The van der Waals surface area contributed by atoms with E-state index < -0.39 is 4.92 Å². The van der Waals surface area contributed by atoms with Crippen molar-refractivity contribution in [2.24, 2.45) is 11.7 Å². The summed E-state index contributed by atoms with van der Waals surface area (Å²) in [7, 11) is 0. The normalized spacial score (nSPS) is 12.2. The van der Waals surface area contributed by atoms with Gasteiger partial charge >= 0.3 is 5.69 Å². The van der Waals surface area contributed by atoms with Gasteiger partial charge in [-0.3, -0.25) is 10.1 Å². The third-order valence-corrected chi connectivity index (χ3v) is 2.29. The van der Waals surface area contributed by atoms with E-state index in [1.54, 1.807) is 19.1 Å². The number of hydrogen-bond acceptors (Lipinski definition) is 5. The van der Waals surface area contributed by atoms with Crippen LogP contribution in [0, 0.1) is 16.0 Å². The number of aliphatic hydroxyl groups excluding tert-OH is 1. The van der Waals surface area contributed by atoms with E-state index in [2.05, 4.69) is 0 Å². The minimum absolute atomic E-state index is 0.0234. The number of nitro groups is 1. The highest BCUT2D eigenvalue weighted by Crippen LogP contribution is 2.28. The molecule has 6 nitrogen and oxygen atoms in total. The molecule has 6 heteroatoms. The molecular weight excluding hydrogens is 224 g/mol. The van der Waals surface area contributed by atoms with Gasteiger partial charge in [-0.15, -0.1) is 0 Å². The lowest BCUT2D eigenvalue weighted by Crippen LogP contribution is -2.13. The Morgan fingerprint density at radius 3 is 2.82 bits per heavy atom. The summed E-state index contributed by atoms with van der Waals surface area (Å²) in [5.41, 5.74) is 6.14. The van der Waals surface area contributed by atoms with Crippen LogP contribution in [0.1, 0.15) is 12.5 Å². The molecule has 0 aliphatic heterocycles. The molecule has 0 saturated carbocycles. The van der Waals surface area contributed by atoms with E-state index in [4.69, 9.17) is 15.6 Å². The number of aliphatic hydroxyl groups is 1. The second-order valence-corrected chi connectivity index (χ2v) is 3.86. The Morgan fingerprint density at radius 2 is 2.29 bits per heavy atom. The maximum absolute atomic E-state index is 10.8. The van der Waals surface area contributed by atoms with Crippen molar-refractivity contribution >= 4 is 5.69 Å². The van der Waals surface area contributed by atoms with E-state index in [0.29, 0.717) is 6.54 Å². The van der Waals surface area contributed by atoms with E-state index in [-0.39, 0.29) is 30.6 Å². The van der Waals surface area contributed by atoms with Crippen molar-refractivity contribution in [2.75, 3.05) is 13.2 Å². The Kier molecular flexibility index (Phi) is 4.86. The number of ether oxygens (including phenoxy) is 1. The van der Waals surface area contributed by atoms with Gasteiger partial charge in [-0.25, -0.2) is 0 Å². The van der Waals surface area contributed by atoms with Gasteiger partial charge in [0.15, 0.2) is 5.75 Å². The fourth-order valence-electron chi connectivity index (χ4n) is 1.24. The number of nitro benzene ring substituents is 1. The highest BCUT2D eigenvalue weighted by Gasteiger charge is 2.16. The fourth-order valence-corrected chi connectivity index (χ4v) is 1.24. The van der Waals surface area contributed by atoms with Crippen LogP contribution in [-0.4, -0.2) is 23.2 Å². The van der Waals surface area contributed by atoms with Crippen LogP contribution >= 0.6 is 0 Å². The molecule has 0 aliphatic rings. The number of benzene rings is 1. The first-order chi connectivity index (χ1) is 8.08. The second-order valence-electron chi connectivity index (χ2n) is 3.86. The summed E-state index contributed by atoms with van der Waals surface area (Å²) in [6.45, 7) is 2.29. The van der Waals surface area contributed by atoms with Gasteiger partial charge in [0.05, 0.1) is 11.5 Å². The molecule has 0 aliphatic carbocycles. The van der Waals surface area contributed by atoms with Crippen LogP contribution in [0.25, 0.3) is 0 Å². The minimum atomic E-state index is -0.501. The average molecular weight is 240 g/mol. The zero-order valence-corrected chi connectivity index (χ0v) is 9.63. The van der Waals surface area contributed by atoms with Gasteiger partial charge < -0.3 is 15.6 Å². The molecular formula is C11H16N2O4. The smallest absolute Gasteiger partial charge is 0.310 e. The first-order valence-electron chi connectivity index (χ1n) is 5.29. The number of hydrogen-bond donors (Lipinski definition) is 2. The second kappa shape index (κ2) is 6.17. The first kappa shape index (κ1) is 13.4. The molecule has 1 rings (SSSR count). The zero-order chi connectivity index (χ0) is 12.8. The predicted molar refractivity (Wildman–Crippen MR) is 62.7 cm³/mol. The van der Waals surface area contributed by atoms with Crippen molar-refractivity contribution < 1.29 is 14.8 Å². The van der Waals surface area contributed by atoms with Crippen LogP contribution in [0.15, 0.2) is 18.2 Å². The molecule has 17 heavy (non-hydrogen) atoms. The lowest BCUT2D eigenvalue weighted by atomic mass is 10.2. The molecule has 94 valence electrons. The fraction of sp³-hybridized carbons (Fsp3) is 0.455. The molecule has 0 spiro atoms. The van der Waals surface area contributed by atoms with Gasteiger partial charge in [-0.2, -0.15) is 0 Å². The average Bonchev–Trinajstić information content (AvgIpc) is 2.35. The lowest BCUT2D eigenvalue weighted by molar-refractivity contribution is -0.385. The Morgan fingerprint density at radius 1 is 1.59 bits per heavy atom. The summed E-state index contributed by atoms with van der Waals surface area (Å²) in [5, 5.41) is 19.6. The van der Waals surface area contributed by atoms with E-state index in [1.807, 2.05) is 0 Å². The van der Waals surface area contributed by atoms with Crippen LogP contribution in [0.3, 0.4) is 0 Å². The molecule has 1 aromatic rings. The highest BCUT2D eigenvalue weighted by atomic mass is 16.6. The third kappa shape index (κ3) is 3.69. The standard InChI is InChI=1S/C11H16N2O4/c1-8(6-14)7-17-11-4-9(5-12)2-3-10(11)13(15)16/h2-4,8,14H,5-7,12H2,1H3. The van der Waals surface area contributed by atoms with Crippen LogP contribution < -0.4 is 10.5 Å². The van der Waals surface area contributed by atoms with Crippen LogP contribution in [0.2, 0.25) is 0 Å². The van der Waals surface area contributed by atoms with Crippen LogP contribution in [-0.2, 0) is 6.54 Å². The zero-order valence-electron chi connectivity index (χ0n) is 9.63. The molecule has 0 fully saturated rings. The van der Waals surface area contributed by atoms with Crippen LogP contribution in [0.5, 0.6) is 5.75 Å². The lowest BCUT2D eigenvalue weighted by Gasteiger charge is -2.11. The number of nitrogens with two attached hydrogens (primary N) is 1. The summed E-state index contributed by atoms with van der Waals surface area (Å²) < 4.78 is 5.34. The molecule has 1 atom stereocenters. The Balaban J connectivity index is 2.89. The van der Waals surface area contributed by atoms with Crippen molar-refractivity contribution in [3.8, 4) is 5.75 Å². The predicted octanol–water partition coefficient (Wildman–Crippen LogP) is 1.06.